The van der Waals surface area contributed by atoms with E-state index in [9.17, 15) is 0 Å². The van der Waals surface area contributed by atoms with Gasteiger partial charge in [-0.05, 0) is 46.9 Å². The average Bonchev–Trinajstić information content (AvgIpc) is 2.37. The molecule has 0 aromatic heterocycles. The molecule has 0 spiro atoms. The van der Waals surface area contributed by atoms with Crippen LogP contribution in [-0.4, -0.2) is 18.3 Å². The van der Waals surface area contributed by atoms with Gasteiger partial charge in [0.25, 0.3) is 0 Å². The zero-order chi connectivity index (χ0) is 13.4. The Bertz CT molecular complexity index is 343. The van der Waals surface area contributed by atoms with Crippen LogP contribution in [0.4, 0.5) is 0 Å². The number of nitrogens with one attached hydrogen (secondary N) is 1. The molecule has 0 fully saturated rings. The van der Waals surface area contributed by atoms with Gasteiger partial charge in [-0.15, -0.1) is 11.8 Å². The highest BCUT2D eigenvalue weighted by Crippen LogP contribution is 2.28. The van der Waals surface area contributed by atoms with Gasteiger partial charge in [0.1, 0.15) is 0 Å². The van der Waals surface area contributed by atoms with E-state index in [0.717, 1.165) is 18.2 Å². The molecule has 1 aromatic rings. The fraction of sp³-hybridized carbons (Fsp3) is 0.600. The molecule has 1 N–H and O–H groups in total. The molecule has 3 heteroatoms. The van der Waals surface area contributed by atoms with Crippen LogP contribution in [0.3, 0.4) is 0 Å². The summed E-state index contributed by atoms with van der Waals surface area (Å²) in [5, 5.41) is 3.60. The molecule has 0 radical (unpaired) electrons. The van der Waals surface area contributed by atoms with Gasteiger partial charge in [-0.1, -0.05) is 39.3 Å². The largest absolute Gasteiger partial charge is 0.313 e. The number of benzene rings is 1. The lowest BCUT2D eigenvalue weighted by Gasteiger charge is -2.21. The van der Waals surface area contributed by atoms with Crippen LogP contribution in [0.15, 0.2) is 33.6 Å². The normalized spacial score (nSPS) is 14.4. The standard InChI is InChI=1S/C15H24BrNS/c1-4-12(3)10-13(17-5-2)11-18-15-9-7-6-8-14(15)16/h6-9,12-13,17H,4-5,10-11H2,1-3H3. The number of rotatable bonds is 8. The topological polar surface area (TPSA) is 12.0 Å². The van der Waals surface area contributed by atoms with Gasteiger partial charge in [0.2, 0.25) is 0 Å². The monoisotopic (exact) mass is 329 g/mol. The lowest BCUT2D eigenvalue weighted by atomic mass is 10.0. The molecule has 2 atom stereocenters. The van der Waals surface area contributed by atoms with E-state index < -0.39 is 0 Å². The van der Waals surface area contributed by atoms with Crippen molar-refractivity contribution in [2.45, 2.75) is 44.6 Å². The van der Waals surface area contributed by atoms with E-state index in [-0.39, 0.29) is 0 Å². The van der Waals surface area contributed by atoms with Crippen LogP contribution in [0.1, 0.15) is 33.6 Å². The number of thioether (sulfide) groups is 1. The first-order chi connectivity index (χ1) is 8.67. The highest BCUT2D eigenvalue weighted by molar-refractivity contribution is 9.10. The minimum atomic E-state index is 0.613. The Morgan fingerprint density at radius 3 is 2.61 bits per heavy atom. The molecule has 1 rings (SSSR count). The van der Waals surface area contributed by atoms with Crippen molar-refractivity contribution in [1.29, 1.82) is 0 Å². The maximum atomic E-state index is 3.61. The lowest BCUT2D eigenvalue weighted by Crippen LogP contribution is -2.32. The number of hydrogen-bond donors (Lipinski definition) is 1. The molecule has 0 saturated carbocycles. The van der Waals surface area contributed by atoms with E-state index in [0.29, 0.717) is 6.04 Å². The van der Waals surface area contributed by atoms with Crippen LogP contribution >= 0.6 is 27.7 Å². The molecule has 0 amide bonds. The zero-order valence-electron chi connectivity index (χ0n) is 11.6. The second kappa shape index (κ2) is 9.00. The molecular formula is C15H24BrNS. The second-order valence-electron chi connectivity index (χ2n) is 4.75. The van der Waals surface area contributed by atoms with Gasteiger partial charge in [-0.25, -0.2) is 0 Å². The van der Waals surface area contributed by atoms with E-state index >= 15 is 0 Å². The Labute approximate surface area is 124 Å². The minimum Gasteiger partial charge on any atom is -0.313 e. The first-order valence-electron chi connectivity index (χ1n) is 6.78. The predicted molar refractivity (Wildman–Crippen MR) is 86.4 cm³/mol. The van der Waals surface area contributed by atoms with Crippen molar-refractivity contribution in [3.63, 3.8) is 0 Å². The molecule has 1 nitrogen and oxygen atoms in total. The van der Waals surface area contributed by atoms with Crippen molar-refractivity contribution in [2.75, 3.05) is 12.3 Å². The fourth-order valence-corrected chi connectivity index (χ4v) is 3.55. The Hall–Kier alpha value is 0.01000. The summed E-state index contributed by atoms with van der Waals surface area (Å²) in [6.45, 7) is 7.85. The summed E-state index contributed by atoms with van der Waals surface area (Å²) in [4.78, 5) is 1.34. The predicted octanol–water partition coefficient (Wildman–Crippen LogP) is 4.96. The maximum absolute atomic E-state index is 3.61. The molecule has 0 saturated heterocycles. The average molecular weight is 330 g/mol. The third-order valence-electron chi connectivity index (χ3n) is 3.15. The van der Waals surface area contributed by atoms with Gasteiger partial charge in [0, 0.05) is 21.2 Å². The molecule has 0 aliphatic carbocycles. The van der Waals surface area contributed by atoms with Gasteiger partial charge in [-0.3, -0.25) is 0 Å². The van der Waals surface area contributed by atoms with E-state index in [4.69, 9.17) is 0 Å². The van der Waals surface area contributed by atoms with Crippen LogP contribution < -0.4 is 5.32 Å². The van der Waals surface area contributed by atoms with Crippen LogP contribution in [0.25, 0.3) is 0 Å². The Kier molecular flexibility index (Phi) is 8.03. The third-order valence-corrected chi connectivity index (χ3v) is 5.34. The number of halogens is 1. The molecule has 2 unspecified atom stereocenters. The van der Waals surface area contributed by atoms with Gasteiger partial charge < -0.3 is 5.32 Å². The number of hydrogen-bond acceptors (Lipinski definition) is 2. The molecule has 18 heavy (non-hydrogen) atoms. The van der Waals surface area contributed by atoms with Crippen LogP contribution in [0, 0.1) is 5.92 Å². The van der Waals surface area contributed by atoms with Crippen molar-refractivity contribution in [2.24, 2.45) is 5.92 Å². The molecule has 0 aliphatic heterocycles. The van der Waals surface area contributed by atoms with E-state index in [2.05, 4.69) is 66.3 Å². The summed E-state index contributed by atoms with van der Waals surface area (Å²) in [6, 6.07) is 9.07. The fourth-order valence-electron chi connectivity index (χ4n) is 1.90. The summed E-state index contributed by atoms with van der Waals surface area (Å²) < 4.78 is 1.20. The third kappa shape index (κ3) is 5.77. The van der Waals surface area contributed by atoms with Gasteiger partial charge in [0.05, 0.1) is 0 Å². The molecule has 0 aliphatic rings. The van der Waals surface area contributed by atoms with Crippen molar-refractivity contribution >= 4 is 27.7 Å². The summed E-state index contributed by atoms with van der Waals surface area (Å²) in [5.74, 6) is 1.94. The van der Waals surface area contributed by atoms with Crippen LogP contribution in [0.5, 0.6) is 0 Å². The Morgan fingerprint density at radius 1 is 1.28 bits per heavy atom. The first kappa shape index (κ1) is 16.1. The molecule has 0 bridgehead atoms. The maximum Gasteiger partial charge on any atom is 0.0311 e. The smallest absolute Gasteiger partial charge is 0.0311 e. The van der Waals surface area contributed by atoms with Gasteiger partial charge in [0.15, 0.2) is 0 Å². The summed E-state index contributed by atoms with van der Waals surface area (Å²) in [6.07, 6.45) is 2.53. The van der Waals surface area contributed by atoms with Crippen molar-refractivity contribution in [3.05, 3.63) is 28.7 Å². The summed E-state index contributed by atoms with van der Waals surface area (Å²) in [5.41, 5.74) is 0. The summed E-state index contributed by atoms with van der Waals surface area (Å²) >= 11 is 5.55. The van der Waals surface area contributed by atoms with Gasteiger partial charge >= 0.3 is 0 Å². The van der Waals surface area contributed by atoms with Crippen LogP contribution in [0.2, 0.25) is 0 Å². The zero-order valence-corrected chi connectivity index (χ0v) is 14.0. The molecule has 0 heterocycles. The highest BCUT2D eigenvalue weighted by Gasteiger charge is 2.12. The van der Waals surface area contributed by atoms with Crippen LogP contribution in [-0.2, 0) is 0 Å². The molecular weight excluding hydrogens is 306 g/mol. The van der Waals surface area contributed by atoms with Crippen molar-refractivity contribution < 1.29 is 0 Å². The molecule has 102 valence electrons. The van der Waals surface area contributed by atoms with Crippen molar-refractivity contribution in [1.82, 2.24) is 5.32 Å². The lowest BCUT2D eigenvalue weighted by molar-refractivity contribution is 0.423. The molecule has 1 aromatic carbocycles. The Balaban J connectivity index is 2.49. The quantitative estimate of drug-likeness (QED) is 0.677. The highest BCUT2D eigenvalue weighted by atomic mass is 79.9. The minimum absolute atomic E-state index is 0.613. The first-order valence-corrected chi connectivity index (χ1v) is 8.55. The van der Waals surface area contributed by atoms with E-state index in [1.807, 2.05) is 11.8 Å². The van der Waals surface area contributed by atoms with E-state index in [1.165, 1.54) is 22.2 Å². The Morgan fingerprint density at radius 2 is 2.00 bits per heavy atom. The second-order valence-corrected chi connectivity index (χ2v) is 6.66. The van der Waals surface area contributed by atoms with E-state index in [1.54, 1.807) is 0 Å². The summed E-state index contributed by atoms with van der Waals surface area (Å²) in [7, 11) is 0. The van der Waals surface area contributed by atoms with Gasteiger partial charge in [-0.2, -0.15) is 0 Å². The SMILES string of the molecule is CCNC(CSc1ccccc1Br)CC(C)CC. The van der Waals surface area contributed by atoms with Crippen molar-refractivity contribution in [3.8, 4) is 0 Å².